The zero-order valence-electron chi connectivity index (χ0n) is 16.2. The number of hydrogen-bond acceptors (Lipinski definition) is 7. The Labute approximate surface area is 191 Å². The van der Waals surface area contributed by atoms with Gasteiger partial charge < -0.3 is 9.15 Å². The summed E-state index contributed by atoms with van der Waals surface area (Å²) in [6.45, 7) is -0.520. The summed E-state index contributed by atoms with van der Waals surface area (Å²) in [5.74, 6) is -1.00. The molecule has 0 aliphatic heterocycles. The molecule has 0 aliphatic carbocycles. The largest absolute Gasteiger partial charge is 0.477 e. The number of nitro benzene ring substituents is 1. The summed E-state index contributed by atoms with van der Waals surface area (Å²) in [5.41, 5.74) is 4.89. The lowest BCUT2D eigenvalue weighted by Gasteiger charge is -2.11. The summed E-state index contributed by atoms with van der Waals surface area (Å²) < 4.78 is 10.7. The first-order valence-electron chi connectivity index (χ1n) is 8.96. The molecule has 0 saturated carbocycles. The minimum absolute atomic E-state index is 0.0184. The van der Waals surface area contributed by atoms with Crippen molar-refractivity contribution in [2.75, 3.05) is 6.61 Å². The Kier molecular flexibility index (Phi) is 7.37. The number of nitrogens with zero attached hydrogens (tertiary/aromatic N) is 1. The number of carbonyl (C=O) groups excluding carboxylic acids is 2. The number of carbonyl (C=O) groups is 2. The van der Waals surface area contributed by atoms with Crippen LogP contribution in [0.2, 0.25) is 5.02 Å². The van der Waals surface area contributed by atoms with Gasteiger partial charge in [-0.05, 0) is 42.5 Å². The van der Waals surface area contributed by atoms with Gasteiger partial charge in [0.05, 0.1) is 9.95 Å². The molecule has 0 unspecified atom stereocenters. The molecular formula is C20H15ClN4O6S. The number of halogens is 1. The van der Waals surface area contributed by atoms with Gasteiger partial charge in [-0.15, -0.1) is 0 Å². The van der Waals surface area contributed by atoms with E-state index in [-0.39, 0.29) is 22.3 Å². The van der Waals surface area contributed by atoms with E-state index in [0.717, 1.165) is 0 Å². The van der Waals surface area contributed by atoms with Crippen LogP contribution < -0.4 is 20.9 Å². The van der Waals surface area contributed by atoms with Gasteiger partial charge in [-0.25, -0.2) is 0 Å². The van der Waals surface area contributed by atoms with Gasteiger partial charge in [0.15, 0.2) is 23.2 Å². The van der Waals surface area contributed by atoms with Crippen LogP contribution in [0.5, 0.6) is 5.75 Å². The van der Waals surface area contributed by atoms with E-state index in [1.54, 1.807) is 30.3 Å². The van der Waals surface area contributed by atoms with Crippen LogP contribution >= 0.6 is 23.8 Å². The van der Waals surface area contributed by atoms with Crippen molar-refractivity contribution in [3.8, 4) is 17.1 Å². The molecular weight excluding hydrogens is 460 g/mol. The summed E-state index contributed by atoms with van der Waals surface area (Å²) in [6.07, 6.45) is 0. The molecule has 0 aliphatic rings. The molecule has 12 heteroatoms. The van der Waals surface area contributed by atoms with Crippen LogP contribution in [-0.4, -0.2) is 28.5 Å². The smallest absolute Gasteiger partial charge is 0.310 e. The Balaban J connectivity index is 1.48. The van der Waals surface area contributed by atoms with Crippen molar-refractivity contribution in [1.29, 1.82) is 0 Å². The van der Waals surface area contributed by atoms with Crippen LogP contribution in [0, 0.1) is 10.1 Å². The zero-order chi connectivity index (χ0) is 23.1. The summed E-state index contributed by atoms with van der Waals surface area (Å²) in [5, 5.41) is 13.5. The number of nitrogens with one attached hydrogen (secondary N) is 3. The summed E-state index contributed by atoms with van der Waals surface area (Å²) in [7, 11) is 0. The van der Waals surface area contributed by atoms with Crippen molar-refractivity contribution < 1.29 is 23.7 Å². The number of benzene rings is 2. The van der Waals surface area contributed by atoms with Crippen molar-refractivity contribution in [2.24, 2.45) is 0 Å². The normalized spacial score (nSPS) is 10.2. The van der Waals surface area contributed by atoms with E-state index in [1.165, 1.54) is 30.3 Å². The molecule has 2 aromatic carbocycles. The second kappa shape index (κ2) is 10.4. The minimum Gasteiger partial charge on any atom is -0.477 e. The predicted octanol–water partition coefficient (Wildman–Crippen LogP) is 3.22. The summed E-state index contributed by atoms with van der Waals surface area (Å²) >= 11 is 11.1. The number of furan rings is 1. The molecule has 3 rings (SSSR count). The highest BCUT2D eigenvalue weighted by Gasteiger charge is 2.17. The maximum atomic E-state index is 12.3. The molecule has 3 aromatic rings. The van der Waals surface area contributed by atoms with Gasteiger partial charge in [-0.3, -0.25) is 35.9 Å². The van der Waals surface area contributed by atoms with Crippen LogP contribution in [0.4, 0.5) is 5.69 Å². The molecule has 3 N–H and O–H groups in total. The lowest BCUT2D eigenvalue weighted by atomic mass is 10.2. The van der Waals surface area contributed by atoms with Gasteiger partial charge in [0, 0.05) is 11.6 Å². The van der Waals surface area contributed by atoms with Crippen molar-refractivity contribution in [3.05, 3.63) is 81.6 Å². The van der Waals surface area contributed by atoms with Gasteiger partial charge in [0.1, 0.15) is 5.76 Å². The molecule has 0 bridgehead atoms. The molecule has 10 nitrogen and oxygen atoms in total. The van der Waals surface area contributed by atoms with Crippen LogP contribution in [0.1, 0.15) is 10.6 Å². The fourth-order valence-corrected chi connectivity index (χ4v) is 2.87. The van der Waals surface area contributed by atoms with E-state index >= 15 is 0 Å². The van der Waals surface area contributed by atoms with E-state index in [1.807, 2.05) is 0 Å². The number of hydrazine groups is 1. The second-order valence-corrected chi connectivity index (χ2v) is 6.93. The quantitative estimate of drug-likeness (QED) is 0.281. The van der Waals surface area contributed by atoms with Gasteiger partial charge in [0.2, 0.25) is 0 Å². The van der Waals surface area contributed by atoms with E-state index < -0.39 is 23.3 Å². The fourth-order valence-electron chi connectivity index (χ4n) is 2.50. The lowest BCUT2D eigenvalue weighted by Crippen LogP contribution is -2.49. The molecule has 164 valence electrons. The zero-order valence-corrected chi connectivity index (χ0v) is 17.7. The Morgan fingerprint density at radius 3 is 2.53 bits per heavy atom. The number of para-hydroxylation sites is 2. The average Bonchev–Trinajstić information content (AvgIpc) is 3.27. The minimum atomic E-state index is -0.682. The summed E-state index contributed by atoms with van der Waals surface area (Å²) in [4.78, 5) is 34.5. The van der Waals surface area contributed by atoms with Gasteiger partial charge in [-0.2, -0.15) is 0 Å². The third kappa shape index (κ3) is 5.80. The SMILES string of the molecule is O=C(COc1ccccc1[N+](=O)[O-])NNC(=S)NC(=O)c1ccc(-c2ccccc2Cl)o1. The van der Waals surface area contributed by atoms with Crippen molar-refractivity contribution in [3.63, 3.8) is 0 Å². The summed E-state index contributed by atoms with van der Waals surface area (Å²) in [6, 6.07) is 15.7. The maximum Gasteiger partial charge on any atom is 0.310 e. The monoisotopic (exact) mass is 474 g/mol. The highest BCUT2D eigenvalue weighted by molar-refractivity contribution is 7.80. The van der Waals surface area contributed by atoms with Crippen LogP contribution in [0.25, 0.3) is 11.3 Å². The highest BCUT2D eigenvalue weighted by atomic mass is 35.5. The third-order valence-corrected chi connectivity index (χ3v) is 4.47. The fraction of sp³-hybridized carbons (Fsp3) is 0.0500. The molecule has 1 aromatic heterocycles. The molecule has 0 atom stereocenters. The van der Waals surface area contributed by atoms with Gasteiger partial charge in [0.25, 0.3) is 11.8 Å². The second-order valence-electron chi connectivity index (χ2n) is 6.11. The lowest BCUT2D eigenvalue weighted by molar-refractivity contribution is -0.385. The van der Waals surface area contributed by atoms with Gasteiger partial charge in [-0.1, -0.05) is 35.9 Å². The van der Waals surface area contributed by atoms with Crippen molar-refractivity contribution in [2.45, 2.75) is 0 Å². The number of nitro groups is 1. The number of amides is 2. The number of rotatable bonds is 6. The molecule has 0 spiro atoms. The first kappa shape index (κ1) is 22.7. The highest BCUT2D eigenvalue weighted by Crippen LogP contribution is 2.29. The Morgan fingerprint density at radius 2 is 1.78 bits per heavy atom. The third-order valence-electron chi connectivity index (χ3n) is 3.93. The van der Waals surface area contributed by atoms with Crippen LogP contribution in [0.15, 0.2) is 65.1 Å². The molecule has 2 amide bonds. The molecule has 0 radical (unpaired) electrons. The molecule has 0 saturated heterocycles. The number of hydrogen-bond donors (Lipinski definition) is 3. The molecule has 1 heterocycles. The van der Waals surface area contributed by atoms with E-state index in [9.17, 15) is 19.7 Å². The van der Waals surface area contributed by atoms with E-state index in [0.29, 0.717) is 16.3 Å². The van der Waals surface area contributed by atoms with E-state index in [4.69, 9.17) is 33.0 Å². The topological polar surface area (TPSA) is 136 Å². The Bertz CT molecular complexity index is 1180. The number of ether oxygens (including phenoxy) is 1. The van der Waals surface area contributed by atoms with Crippen molar-refractivity contribution in [1.82, 2.24) is 16.2 Å². The molecule has 0 fully saturated rings. The standard InChI is InChI=1S/C20H15ClN4O6S/c21-13-6-2-1-5-12(13)15-9-10-17(31-15)19(27)22-20(32)24-23-18(26)11-30-16-8-4-3-7-14(16)25(28)29/h1-10H,11H2,(H,23,26)(H2,22,24,27,32). The van der Waals surface area contributed by atoms with Crippen LogP contribution in [-0.2, 0) is 4.79 Å². The number of thiocarbonyl (C=S) groups is 1. The Hall–Kier alpha value is -3.96. The van der Waals surface area contributed by atoms with Gasteiger partial charge >= 0.3 is 5.69 Å². The van der Waals surface area contributed by atoms with Crippen molar-refractivity contribution >= 4 is 46.4 Å². The van der Waals surface area contributed by atoms with Crippen LogP contribution in [0.3, 0.4) is 0 Å². The average molecular weight is 475 g/mol. The Morgan fingerprint density at radius 1 is 1.06 bits per heavy atom. The molecule has 32 heavy (non-hydrogen) atoms. The predicted molar refractivity (Wildman–Crippen MR) is 119 cm³/mol. The first-order chi connectivity index (χ1) is 15.3. The maximum absolute atomic E-state index is 12.3. The first-order valence-corrected chi connectivity index (χ1v) is 9.75. The van der Waals surface area contributed by atoms with E-state index in [2.05, 4.69) is 16.2 Å².